The number of hydrogen-bond acceptors (Lipinski definition) is 9. The van der Waals surface area contributed by atoms with E-state index in [4.69, 9.17) is 21.7 Å². The minimum Gasteiger partial charge on any atom is -0.481 e. The van der Waals surface area contributed by atoms with Gasteiger partial charge in [-0.1, -0.05) is 81.8 Å². The van der Waals surface area contributed by atoms with Crippen molar-refractivity contribution >= 4 is 70.7 Å². The first-order chi connectivity index (χ1) is 27.8. The number of halogens is 1. The molecule has 2 aliphatic heterocycles. The maximum Gasteiger partial charge on any atom is 0.303 e. The number of benzene rings is 2. The summed E-state index contributed by atoms with van der Waals surface area (Å²) in [5, 5.41) is 9.56. The fourth-order valence-electron chi connectivity index (χ4n) is 7.05. The Morgan fingerprint density at radius 1 is 0.900 bits per heavy atom. The number of unbranched alkanes of at least 4 members (excludes halogenated alkanes) is 1. The van der Waals surface area contributed by atoms with Crippen molar-refractivity contribution in [1.29, 1.82) is 0 Å². The SMILES string of the molecule is C/C=C(/Cl)C=C1C(=NCCCS(=O)(=O)O)N=C(/C=C/C(=C/C=C2/N(CCCS(=O)(=O)O)c3ccc(S(=O)(=O)O)cc3C2(C)C)c2cccc(CCCCC(=O)O)c2)C1(C)C. The largest absolute Gasteiger partial charge is 0.481 e. The Balaban J connectivity index is 1.88. The summed E-state index contributed by atoms with van der Waals surface area (Å²) in [5.74, 6) is -1.46. The number of allylic oxidation sites excluding steroid dienone is 9. The summed E-state index contributed by atoms with van der Waals surface area (Å²) >= 11 is 6.46. The molecule has 18 heteroatoms. The Morgan fingerprint density at radius 2 is 1.58 bits per heavy atom. The van der Waals surface area contributed by atoms with Gasteiger partial charge in [-0.2, -0.15) is 25.3 Å². The number of nitrogens with zero attached hydrogens (tertiary/aromatic N) is 3. The van der Waals surface area contributed by atoms with Crippen LogP contribution in [0, 0.1) is 5.41 Å². The van der Waals surface area contributed by atoms with Crippen LogP contribution in [-0.2, 0) is 47.0 Å². The Bertz CT molecular complexity index is 2530. The number of amidine groups is 1. The van der Waals surface area contributed by atoms with E-state index in [0.29, 0.717) is 63.9 Å². The summed E-state index contributed by atoms with van der Waals surface area (Å²) in [6, 6.07) is 12.0. The van der Waals surface area contributed by atoms with Crippen LogP contribution in [0.25, 0.3) is 5.57 Å². The van der Waals surface area contributed by atoms with Crippen LogP contribution in [0.2, 0.25) is 0 Å². The standard InChI is InChI=1S/C42H52ClN3O11S3/c1-6-32(43)27-35-40(44-22-10-24-58(49,50)51)45-37(41(35,2)3)20-16-30(31-14-9-13-29(26-31)12-7-8-15-39(47)48)17-21-38-42(4,5)34-28-33(60(55,56)57)18-19-36(34)46(38)23-11-25-59(52,53)54/h6,9,13-14,16-21,26-28H,7-8,10-12,15,22-25H2,1-5H3,(H,47,48)(H,49,50,51)(H,52,53,54)(H,55,56,57)/b20-16+,30-17-,32-6+,35-27?,38-21+,44-40?. The highest BCUT2D eigenvalue weighted by Gasteiger charge is 2.41. The number of carboxylic acid groups (broad SMARTS) is 1. The van der Waals surface area contributed by atoms with Gasteiger partial charge in [0.05, 0.1) is 22.1 Å². The number of aryl methyl sites for hydroxylation is 1. The predicted octanol–water partition coefficient (Wildman–Crippen LogP) is 7.86. The van der Waals surface area contributed by atoms with Gasteiger partial charge in [-0.15, -0.1) is 0 Å². The molecule has 4 N–H and O–H groups in total. The smallest absolute Gasteiger partial charge is 0.303 e. The fraction of sp³-hybridized carbons (Fsp3) is 0.405. The van der Waals surface area contributed by atoms with E-state index in [1.54, 1.807) is 25.1 Å². The number of anilines is 1. The lowest BCUT2D eigenvalue weighted by Gasteiger charge is -2.27. The van der Waals surface area contributed by atoms with Crippen molar-refractivity contribution in [2.45, 2.75) is 83.5 Å². The fourth-order valence-corrected chi connectivity index (χ4v) is 8.66. The van der Waals surface area contributed by atoms with Gasteiger partial charge in [0.25, 0.3) is 30.4 Å². The van der Waals surface area contributed by atoms with Gasteiger partial charge in [0, 0.05) is 52.3 Å². The van der Waals surface area contributed by atoms with Crippen LogP contribution in [0.1, 0.15) is 83.4 Å². The predicted molar refractivity (Wildman–Crippen MR) is 237 cm³/mol. The first-order valence-electron chi connectivity index (χ1n) is 19.2. The third-order valence-electron chi connectivity index (χ3n) is 10.3. The van der Waals surface area contributed by atoms with Crippen LogP contribution in [0.15, 0.2) is 110 Å². The van der Waals surface area contributed by atoms with Gasteiger partial charge >= 0.3 is 5.97 Å². The highest BCUT2D eigenvalue weighted by atomic mass is 35.5. The molecule has 0 saturated carbocycles. The minimum absolute atomic E-state index is 0.0494. The zero-order valence-electron chi connectivity index (χ0n) is 34.2. The molecule has 0 fully saturated rings. The number of carbonyl (C=O) groups is 1. The van der Waals surface area contributed by atoms with Crippen molar-refractivity contribution in [3.8, 4) is 0 Å². The average molecular weight is 907 g/mol. The quantitative estimate of drug-likeness (QED) is 0.0600. The molecule has 0 spiro atoms. The molecule has 2 aliphatic rings. The van der Waals surface area contributed by atoms with Crippen molar-refractivity contribution in [2.24, 2.45) is 15.4 Å². The number of rotatable bonds is 19. The molecule has 14 nitrogen and oxygen atoms in total. The Morgan fingerprint density at radius 3 is 2.22 bits per heavy atom. The third-order valence-corrected chi connectivity index (χ3v) is 13.1. The van der Waals surface area contributed by atoms with Gasteiger partial charge in [-0.25, -0.2) is 4.99 Å². The molecular formula is C42H52ClN3O11S3. The van der Waals surface area contributed by atoms with Gasteiger partial charge in [-0.3, -0.25) is 23.4 Å². The second-order valence-electron chi connectivity index (χ2n) is 15.6. The molecule has 0 aromatic heterocycles. The van der Waals surface area contributed by atoms with Crippen molar-refractivity contribution in [2.75, 3.05) is 29.5 Å². The van der Waals surface area contributed by atoms with Crippen LogP contribution >= 0.6 is 11.6 Å². The van der Waals surface area contributed by atoms with Crippen LogP contribution in [0.4, 0.5) is 5.69 Å². The van der Waals surface area contributed by atoms with E-state index in [2.05, 4.69) is 4.99 Å². The van der Waals surface area contributed by atoms with Gasteiger partial charge in [0.15, 0.2) is 5.84 Å². The monoisotopic (exact) mass is 905 g/mol. The Kier molecular flexibility index (Phi) is 15.9. The summed E-state index contributed by atoms with van der Waals surface area (Å²) in [5.41, 5.74) is 4.10. The minimum atomic E-state index is -4.55. The molecule has 2 heterocycles. The van der Waals surface area contributed by atoms with E-state index in [0.717, 1.165) is 11.1 Å². The van der Waals surface area contributed by atoms with Gasteiger partial charge < -0.3 is 10.0 Å². The molecule has 0 aliphatic carbocycles. The molecule has 60 heavy (non-hydrogen) atoms. The molecular weight excluding hydrogens is 854 g/mol. The number of carboxylic acids is 1. The van der Waals surface area contributed by atoms with Crippen LogP contribution in [-0.4, -0.2) is 86.1 Å². The van der Waals surface area contributed by atoms with Gasteiger partial charge in [0.2, 0.25) is 0 Å². The molecule has 4 rings (SSSR count). The summed E-state index contributed by atoms with van der Waals surface area (Å²) in [7, 11) is -13.0. The van der Waals surface area contributed by atoms with Crippen LogP contribution < -0.4 is 4.90 Å². The normalized spacial score (nSPS) is 19.2. The molecule has 2 aromatic carbocycles. The zero-order chi connectivity index (χ0) is 44.7. The second-order valence-corrected chi connectivity index (χ2v) is 20.6. The van der Waals surface area contributed by atoms with Gasteiger partial charge in [0.1, 0.15) is 0 Å². The summed E-state index contributed by atoms with van der Waals surface area (Å²) in [6.45, 7) is 9.69. The zero-order valence-corrected chi connectivity index (χ0v) is 37.4. The second kappa shape index (κ2) is 19.6. The summed E-state index contributed by atoms with van der Waals surface area (Å²) < 4.78 is 98.9. The molecule has 0 amide bonds. The van der Waals surface area contributed by atoms with Crippen molar-refractivity contribution < 1.29 is 48.8 Å². The molecule has 0 bridgehead atoms. The van der Waals surface area contributed by atoms with E-state index in [1.165, 1.54) is 12.1 Å². The van der Waals surface area contributed by atoms with E-state index < -0.39 is 58.7 Å². The Labute approximate surface area is 358 Å². The number of aliphatic carboxylic acids is 1. The van der Waals surface area contributed by atoms with E-state index >= 15 is 0 Å². The highest BCUT2D eigenvalue weighted by molar-refractivity contribution is 7.86. The highest BCUT2D eigenvalue weighted by Crippen LogP contribution is 2.49. The maximum absolute atomic E-state index is 12.2. The molecule has 2 aromatic rings. The van der Waals surface area contributed by atoms with Crippen LogP contribution in [0.5, 0.6) is 0 Å². The maximum atomic E-state index is 12.2. The van der Waals surface area contributed by atoms with Gasteiger partial charge in [-0.05, 0) is 97.7 Å². The Hall–Kier alpha value is -4.23. The average Bonchev–Trinajstić information content (AvgIpc) is 3.50. The topological polar surface area (TPSA) is 228 Å². The first-order valence-corrected chi connectivity index (χ1v) is 24.3. The number of aliphatic imine (C=N–C) groups is 2. The summed E-state index contributed by atoms with van der Waals surface area (Å²) in [4.78, 5) is 22.1. The van der Waals surface area contributed by atoms with Crippen molar-refractivity contribution in [3.63, 3.8) is 0 Å². The number of fused-ring (bicyclic) bond motifs is 1. The molecule has 326 valence electrons. The molecule has 0 saturated heterocycles. The van der Waals surface area contributed by atoms with E-state index in [1.807, 2.05) is 81.2 Å². The lowest BCUT2D eigenvalue weighted by Crippen LogP contribution is -2.28. The van der Waals surface area contributed by atoms with Crippen molar-refractivity contribution in [3.05, 3.63) is 112 Å². The number of hydrogen-bond donors (Lipinski definition) is 4. The summed E-state index contributed by atoms with van der Waals surface area (Å²) in [6.07, 6.45) is 12.9. The molecule has 0 unspecified atom stereocenters. The molecule has 0 atom stereocenters. The van der Waals surface area contributed by atoms with E-state index in [-0.39, 0.29) is 37.2 Å². The lowest BCUT2D eigenvalue weighted by atomic mass is 9.80. The third kappa shape index (κ3) is 13.1. The first kappa shape index (κ1) is 48.4. The molecule has 0 radical (unpaired) electrons. The van der Waals surface area contributed by atoms with Crippen LogP contribution in [0.3, 0.4) is 0 Å². The van der Waals surface area contributed by atoms with Crippen molar-refractivity contribution in [1.82, 2.24) is 0 Å². The lowest BCUT2D eigenvalue weighted by molar-refractivity contribution is -0.137. The van der Waals surface area contributed by atoms with E-state index in [9.17, 15) is 43.7 Å².